The van der Waals surface area contributed by atoms with Crippen molar-refractivity contribution >= 4 is 23.4 Å². The van der Waals surface area contributed by atoms with Gasteiger partial charge in [0.05, 0.1) is 6.17 Å². The zero-order valence-electron chi connectivity index (χ0n) is 19.1. The maximum Gasteiger partial charge on any atom is 0.246 e. The lowest BCUT2D eigenvalue weighted by atomic mass is 9.88. The Morgan fingerprint density at radius 3 is 2.85 bits per heavy atom. The quantitative estimate of drug-likeness (QED) is 0.102. The highest BCUT2D eigenvalue weighted by atomic mass is 35.5. The van der Waals surface area contributed by atoms with E-state index in [0.717, 1.165) is 25.8 Å². The fourth-order valence-corrected chi connectivity index (χ4v) is 4.89. The molecule has 2 heterocycles. The Bertz CT molecular complexity index is 777. The monoisotopic (exact) mass is 484 g/mol. The predicted octanol–water partition coefficient (Wildman–Crippen LogP) is -1.74. The zero-order chi connectivity index (χ0) is 24.0. The van der Waals surface area contributed by atoms with Gasteiger partial charge in [0, 0.05) is 38.2 Å². The number of halogens is 1. The van der Waals surface area contributed by atoms with Crippen LogP contribution in [0.15, 0.2) is 22.6 Å². The molecule has 0 spiro atoms. The highest BCUT2D eigenvalue weighted by molar-refractivity contribution is 6.29. The van der Waals surface area contributed by atoms with E-state index < -0.39 is 12.2 Å². The molecular weight excluding hydrogens is 448 g/mol. The van der Waals surface area contributed by atoms with Crippen molar-refractivity contribution < 1.29 is 14.7 Å². The van der Waals surface area contributed by atoms with E-state index in [0.29, 0.717) is 38.0 Å². The summed E-state index contributed by atoms with van der Waals surface area (Å²) in [5.74, 6) is -0.0121. The summed E-state index contributed by atoms with van der Waals surface area (Å²) in [5, 5.41) is 24.1. The van der Waals surface area contributed by atoms with E-state index in [4.69, 9.17) is 28.2 Å². The van der Waals surface area contributed by atoms with Crippen molar-refractivity contribution in [1.82, 2.24) is 31.5 Å². The van der Waals surface area contributed by atoms with E-state index in [2.05, 4.69) is 44.5 Å². The number of aliphatic hydroxyl groups excluding tert-OH is 1. The van der Waals surface area contributed by atoms with Crippen LogP contribution in [0.25, 0.3) is 0 Å². The molecule has 1 fully saturated rings. The van der Waals surface area contributed by atoms with Gasteiger partial charge in [0.15, 0.2) is 0 Å². The third kappa shape index (κ3) is 6.51. The van der Waals surface area contributed by atoms with Crippen LogP contribution < -0.4 is 38.1 Å². The van der Waals surface area contributed by atoms with Crippen molar-refractivity contribution in [3.63, 3.8) is 0 Å². The second kappa shape index (κ2) is 11.9. The Labute approximate surface area is 199 Å². The maximum absolute atomic E-state index is 12.7. The number of carbonyl (C=O) groups excluding carboxylic acids is 2. The minimum absolute atomic E-state index is 0.00679. The Balaban J connectivity index is 1.48. The lowest BCUT2D eigenvalue weighted by Gasteiger charge is -2.33. The molecule has 3 rings (SSSR count). The molecule has 2 aliphatic heterocycles. The predicted molar refractivity (Wildman–Crippen MR) is 126 cm³/mol. The van der Waals surface area contributed by atoms with Crippen LogP contribution in [-0.2, 0) is 9.59 Å². The molecule has 0 aromatic carbocycles. The van der Waals surface area contributed by atoms with E-state index in [9.17, 15) is 9.59 Å². The number of aliphatic hydroxyl groups is 1. The molecule has 5 atom stereocenters. The van der Waals surface area contributed by atoms with Gasteiger partial charge in [0.25, 0.3) is 0 Å². The third-order valence-corrected chi connectivity index (χ3v) is 6.79. The number of likely N-dealkylation sites (N-methyl/N-ethyl adjacent to an activating group) is 1. The number of carbonyl (C=O) groups is 2. The fourth-order valence-electron chi connectivity index (χ4n) is 4.72. The second-order valence-corrected chi connectivity index (χ2v) is 9.06. The first-order chi connectivity index (χ1) is 15.8. The zero-order valence-corrected chi connectivity index (χ0v) is 19.8. The number of nitrogens with one attached hydrogen (secondary N) is 5. The third-order valence-electron chi connectivity index (χ3n) is 6.48. The Morgan fingerprint density at radius 1 is 1.33 bits per heavy atom. The number of hydrogen-bond donors (Lipinski definition) is 8. The fraction of sp³-hybridized carbons (Fsp3) is 0.714. The first-order valence-electron chi connectivity index (χ1n) is 11.6. The van der Waals surface area contributed by atoms with Crippen molar-refractivity contribution in [2.45, 2.75) is 69.5 Å². The molecule has 186 valence electrons. The van der Waals surface area contributed by atoms with Gasteiger partial charge in [0.1, 0.15) is 23.2 Å². The van der Waals surface area contributed by atoms with E-state index in [-0.39, 0.29) is 35.6 Å². The van der Waals surface area contributed by atoms with Crippen LogP contribution in [0.3, 0.4) is 0 Å². The summed E-state index contributed by atoms with van der Waals surface area (Å²) in [5.41, 5.74) is 13.0. The number of hydrogen-bond acceptors (Lipinski definition) is 9. The Hall–Kier alpha value is -2.05. The van der Waals surface area contributed by atoms with E-state index in [1.54, 1.807) is 0 Å². The largest absolute Gasteiger partial charge is 0.396 e. The lowest BCUT2D eigenvalue weighted by molar-refractivity contribution is -0.124. The van der Waals surface area contributed by atoms with Crippen LogP contribution in [0, 0.1) is 0 Å². The summed E-state index contributed by atoms with van der Waals surface area (Å²) in [4.78, 5) is 27.1. The number of fused-ring (bicyclic) bond motifs is 1. The molecule has 33 heavy (non-hydrogen) atoms. The molecule has 0 saturated carbocycles. The number of rotatable bonds is 10. The van der Waals surface area contributed by atoms with Gasteiger partial charge in [-0.05, 0) is 32.2 Å². The lowest BCUT2D eigenvalue weighted by Crippen LogP contribution is -2.64. The molecule has 1 saturated heterocycles. The van der Waals surface area contributed by atoms with Crippen LogP contribution in [0.1, 0.15) is 39.0 Å². The minimum atomic E-state index is -0.722. The molecule has 10 N–H and O–H groups in total. The van der Waals surface area contributed by atoms with Crippen molar-refractivity contribution in [2.75, 3.05) is 26.2 Å². The van der Waals surface area contributed by atoms with Gasteiger partial charge in [-0.3, -0.25) is 19.8 Å². The van der Waals surface area contributed by atoms with Crippen LogP contribution in [0.5, 0.6) is 0 Å². The molecule has 11 nitrogen and oxygen atoms in total. The molecule has 5 unspecified atom stereocenters. The van der Waals surface area contributed by atoms with Crippen LogP contribution in [0.2, 0.25) is 0 Å². The average molecular weight is 485 g/mol. The van der Waals surface area contributed by atoms with Crippen LogP contribution >= 0.6 is 11.6 Å². The van der Waals surface area contributed by atoms with Crippen molar-refractivity contribution in [3.8, 4) is 0 Å². The number of amides is 2. The average Bonchev–Trinajstić information content (AvgIpc) is 3.15. The standard InChI is InChI=1S/C21H37ClN8O3/c1-2-30-14-10-12(5-7-16(32)25-8-3-9-31)4-6-13(14)27-15(30)11-26-21(33)17-19(23)29-20(24)18(22)28-17/h4,13-15,17,19,27-29,31H,2-3,5-11,23-24H2,1H3,(H,25,32)(H,26,33). The molecule has 2 amide bonds. The number of nitrogens with zero attached hydrogens (tertiary/aromatic N) is 1. The summed E-state index contributed by atoms with van der Waals surface area (Å²) >= 11 is 6.00. The van der Waals surface area contributed by atoms with Gasteiger partial charge < -0.3 is 37.8 Å². The van der Waals surface area contributed by atoms with Crippen molar-refractivity contribution in [3.05, 3.63) is 22.6 Å². The van der Waals surface area contributed by atoms with E-state index in [1.807, 2.05) is 0 Å². The van der Waals surface area contributed by atoms with Gasteiger partial charge >= 0.3 is 0 Å². The van der Waals surface area contributed by atoms with Gasteiger partial charge in [0.2, 0.25) is 11.8 Å². The summed E-state index contributed by atoms with van der Waals surface area (Å²) in [6.45, 7) is 3.98. The molecule has 0 bridgehead atoms. The highest BCUT2D eigenvalue weighted by Crippen LogP contribution is 2.31. The van der Waals surface area contributed by atoms with E-state index >= 15 is 0 Å². The summed E-state index contributed by atoms with van der Waals surface area (Å²) < 4.78 is 0. The SMILES string of the molecule is CCN1C(CNC(=O)C2NC(Cl)=C(N)NC2N)NC2CC=C(CCC(=O)NCCCO)CC21. The molecule has 0 aromatic rings. The van der Waals surface area contributed by atoms with Crippen LogP contribution in [0.4, 0.5) is 0 Å². The Kier molecular flexibility index (Phi) is 9.21. The molecular formula is C21H37ClN8O3. The minimum Gasteiger partial charge on any atom is -0.396 e. The normalized spacial score (nSPS) is 29.6. The molecule has 0 aromatic heterocycles. The van der Waals surface area contributed by atoms with Crippen molar-refractivity contribution in [2.24, 2.45) is 11.5 Å². The smallest absolute Gasteiger partial charge is 0.246 e. The highest BCUT2D eigenvalue weighted by Gasteiger charge is 2.41. The summed E-state index contributed by atoms with van der Waals surface area (Å²) in [6.07, 6.45) is 5.13. The molecule has 0 radical (unpaired) electrons. The van der Waals surface area contributed by atoms with Gasteiger partial charge in [-0.2, -0.15) is 0 Å². The summed E-state index contributed by atoms with van der Waals surface area (Å²) in [7, 11) is 0. The van der Waals surface area contributed by atoms with Gasteiger partial charge in [-0.1, -0.05) is 30.2 Å². The molecule has 12 heteroatoms. The first kappa shape index (κ1) is 25.6. The first-order valence-corrected chi connectivity index (χ1v) is 12.0. The topological polar surface area (TPSA) is 170 Å². The van der Waals surface area contributed by atoms with Crippen molar-refractivity contribution in [1.29, 1.82) is 0 Å². The second-order valence-electron chi connectivity index (χ2n) is 8.68. The van der Waals surface area contributed by atoms with Crippen LogP contribution in [-0.4, -0.2) is 78.5 Å². The van der Waals surface area contributed by atoms with Gasteiger partial charge in [-0.15, -0.1) is 0 Å². The summed E-state index contributed by atoms with van der Waals surface area (Å²) in [6, 6.07) is -0.0912. The Morgan fingerprint density at radius 2 is 2.12 bits per heavy atom. The maximum atomic E-state index is 12.7. The number of nitrogens with two attached hydrogens (primary N) is 2. The molecule has 1 aliphatic carbocycles. The van der Waals surface area contributed by atoms with E-state index in [1.165, 1.54) is 5.57 Å². The van der Waals surface area contributed by atoms with Gasteiger partial charge in [-0.25, -0.2) is 0 Å². The molecule has 3 aliphatic rings.